The Bertz CT molecular complexity index is 198. The van der Waals surface area contributed by atoms with E-state index in [1.807, 2.05) is 5.51 Å². The van der Waals surface area contributed by atoms with Crippen molar-refractivity contribution in [3.05, 3.63) is 16.6 Å². The number of aromatic nitrogens is 1. The van der Waals surface area contributed by atoms with E-state index < -0.39 is 0 Å². The molecule has 0 aliphatic heterocycles. The van der Waals surface area contributed by atoms with Crippen molar-refractivity contribution in [2.24, 2.45) is 0 Å². The summed E-state index contributed by atoms with van der Waals surface area (Å²) < 4.78 is 0. The fourth-order valence-corrected chi connectivity index (χ4v) is 1.24. The zero-order valence-corrected chi connectivity index (χ0v) is 8.03. The molecule has 0 unspecified atom stereocenters. The maximum absolute atomic E-state index is 4.18. The molecule has 0 radical (unpaired) electrons. The van der Waals surface area contributed by atoms with Crippen molar-refractivity contribution in [1.29, 1.82) is 0 Å². The summed E-state index contributed by atoms with van der Waals surface area (Å²) in [5, 5.41) is 5.44. The maximum atomic E-state index is 4.18. The highest BCUT2D eigenvalue weighted by Crippen LogP contribution is 2.04. The molecule has 0 bridgehead atoms. The van der Waals surface area contributed by atoms with Crippen LogP contribution in [0.25, 0.3) is 0 Å². The first-order chi connectivity index (χ1) is 5.08. The highest BCUT2D eigenvalue weighted by Gasteiger charge is 2.08. The second-order valence-electron chi connectivity index (χ2n) is 3.58. The van der Waals surface area contributed by atoms with Crippen LogP contribution in [0, 0.1) is 0 Å². The summed E-state index contributed by atoms with van der Waals surface area (Å²) in [6.45, 7) is 7.32. The van der Waals surface area contributed by atoms with Gasteiger partial charge in [0.2, 0.25) is 0 Å². The first-order valence-electron chi connectivity index (χ1n) is 3.70. The van der Waals surface area contributed by atoms with Gasteiger partial charge in [0.05, 0.1) is 11.2 Å². The predicted octanol–water partition coefficient (Wildman–Crippen LogP) is 2.03. The smallest absolute Gasteiger partial charge is 0.0795 e. The third-order valence-corrected chi connectivity index (χ3v) is 1.92. The first-order valence-corrected chi connectivity index (χ1v) is 4.64. The van der Waals surface area contributed by atoms with Crippen molar-refractivity contribution in [1.82, 2.24) is 10.3 Å². The van der Waals surface area contributed by atoms with E-state index in [4.69, 9.17) is 0 Å². The third-order valence-electron chi connectivity index (χ3n) is 1.28. The molecule has 0 saturated carbocycles. The number of rotatable bonds is 2. The lowest BCUT2D eigenvalue weighted by Gasteiger charge is -2.19. The first kappa shape index (κ1) is 8.68. The normalized spacial score (nSPS) is 11.9. The van der Waals surface area contributed by atoms with Crippen molar-refractivity contribution in [2.45, 2.75) is 32.9 Å². The van der Waals surface area contributed by atoms with E-state index in [1.54, 1.807) is 11.3 Å². The molecule has 3 heteroatoms. The minimum atomic E-state index is 0.184. The summed E-state index contributed by atoms with van der Waals surface area (Å²) >= 11 is 1.64. The molecule has 0 aliphatic rings. The van der Waals surface area contributed by atoms with Crippen LogP contribution in [-0.2, 0) is 6.54 Å². The minimum Gasteiger partial charge on any atom is -0.306 e. The van der Waals surface area contributed by atoms with Crippen molar-refractivity contribution < 1.29 is 0 Å². The van der Waals surface area contributed by atoms with Crippen molar-refractivity contribution in [3.8, 4) is 0 Å². The maximum Gasteiger partial charge on any atom is 0.0795 e. The highest BCUT2D eigenvalue weighted by molar-refractivity contribution is 7.07. The SMILES string of the molecule is CC(C)(C)NCc1cscn1. The van der Waals surface area contributed by atoms with Gasteiger partial charge in [-0.2, -0.15) is 0 Å². The Morgan fingerprint density at radius 1 is 1.55 bits per heavy atom. The lowest BCUT2D eigenvalue weighted by atomic mass is 10.1. The summed E-state index contributed by atoms with van der Waals surface area (Å²) in [5.74, 6) is 0. The Morgan fingerprint density at radius 3 is 2.73 bits per heavy atom. The van der Waals surface area contributed by atoms with Gasteiger partial charge in [-0.25, -0.2) is 4.98 Å². The topological polar surface area (TPSA) is 24.9 Å². The van der Waals surface area contributed by atoms with Gasteiger partial charge in [-0.15, -0.1) is 11.3 Å². The largest absolute Gasteiger partial charge is 0.306 e. The van der Waals surface area contributed by atoms with Gasteiger partial charge in [-0.05, 0) is 20.8 Å². The molecule has 0 atom stereocenters. The Hall–Kier alpha value is -0.410. The van der Waals surface area contributed by atoms with Gasteiger partial charge < -0.3 is 5.32 Å². The zero-order chi connectivity index (χ0) is 8.32. The molecule has 1 N–H and O–H groups in total. The summed E-state index contributed by atoms with van der Waals surface area (Å²) in [6.07, 6.45) is 0. The molecule has 0 aliphatic carbocycles. The molecule has 1 aromatic heterocycles. The van der Waals surface area contributed by atoms with Gasteiger partial charge in [-0.1, -0.05) is 0 Å². The number of nitrogens with one attached hydrogen (secondary N) is 1. The molecule has 11 heavy (non-hydrogen) atoms. The second-order valence-corrected chi connectivity index (χ2v) is 4.30. The van der Waals surface area contributed by atoms with Gasteiger partial charge in [0.25, 0.3) is 0 Å². The number of hydrogen-bond acceptors (Lipinski definition) is 3. The van der Waals surface area contributed by atoms with E-state index in [9.17, 15) is 0 Å². The van der Waals surface area contributed by atoms with Crippen LogP contribution in [0.5, 0.6) is 0 Å². The average Bonchev–Trinajstić information content (AvgIpc) is 2.32. The molecule has 1 rings (SSSR count). The fourth-order valence-electron chi connectivity index (χ4n) is 0.681. The Kier molecular flexibility index (Phi) is 2.62. The standard InChI is InChI=1S/C8H14N2S/c1-8(2,3)10-4-7-5-11-6-9-7/h5-6,10H,4H2,1-3H3. The molecule has 1 aromatic rings. The fraction of sp³-hybridized carbons (Fsp3) is 0.625. The number of thiazole rings is 1. The van der Waals surface area contributed by atoms with Crippen molar-refractivity contribution >= 4 is 11.3 Å². The molecule has 62 valence electrons. The molecule has 1 heterocycles. The molecule has 0 amide bonds. The van der Waals surface area contributed by atoms with Gasteiger partial charge in [-0.3, -0.25) is 0 Å². The molecule has 0 spiro atoms. The average molecular weight is 170 g/mol. The van der Waals surface area contributed by atoms with Gasteiger partial charge in [0, 0.05) is 17.5 Å². The Balaban J connectivity index is 2.35. The molecule has 0 fully saturated rings. The van der Waals surface area contributed by atoms with Crippen LogP contribution in [0.2, 0.25) is 0 Å². The molecule has 0 aromatic carbocycles. The van der Waals surface area contributed by atoms with Crippen LogP contribution < -0.4 is 5.32 Å². The molecule has 0 saturated heterocycles. The van der Waals surface area contributed by atoms with E-state index >= 15 is 0 Å². The van der Waals surface area contributed by atoms with E-state index in [1.165, 1.54) is 0 Å². The summed E-state index contributed by atoms with van der Waals surface area (Å²) in [6, 6.07) is 0. The van der Waals surface area contributed by atoms with Crippen LogP contribution >= 0.6 is 11.3 Å². The Labute approximate surface area is 71.7 Å². The second kappa shape index (κ2) is 3.32. The minimum absolute atomic E-state index is 0.184. The third kappa shape index (κ3) is 3.49. The van der Waals surface area contributed by atoms with Crippen LogP contribution in [0.1, 0.15) is 26.5 Å². The van der Waals surface area contributed by atoms with Crippen molar-refractivity contribution in [2.75, 3.05) is 0 Å². The number of hydrogen-bond donors (Lipinski definition) is 1. The van der Waals surface area contributed by atoms with Crippen LogP contribution in [0.3, 0.4) is 0 Å². The summed E-state index contributed by atoms with van der Waals surface area (Å²) in [4.78, 5) is 4.18. The van der Waals surface area contributed by atoms with Gasteiger partial charge >= 0.3 is 0 Å². The van der Waals surface area contributed by atoms with Crippen LogP contribution in [0.15, 0.2) is 10.9 Å². The predicted molar refractivity (Wildman–Crippen MR) is 48.7 cm³/mol. The van der Waals surface area contributed by atoms with Gasteiger partial charge in [0.15, 0.2) is 0 Å². The molecular weight excluding hydrogens is 156 g/mol. The van der Waals surface area contributed by atoms with Crippen LogP contribution in [-0.4, -0.2) is 10.5 Å². The summed E-state index contributed by atoms with van der Waals surface area (Å²) in [7, 11) is 0. The monoisotopic (exact) mass is 170 g/mol. The quantitative estimate of drug-likeness (QED) is 0.734. The molecular formula is C8H14N2S. The summed E-state index contributed by atoms with van der Waals surface area (Å²) in [5.41, 5.74) is 3.17. The van der Waals surface area contributed by atoms with E-state index in [2.05, 4.69) is 36.5 Å². The van der Waals surface area contributed by atoms with Crippen molar-refractivity contribution in [3.63, 3.8) is 0 Å². The lowest BCUT2D eigenvalue weighted by Crippen LogP contribution is -2.35. The lowest BCUT2D eigenvalue weighted by molar-refractivity contribution is 0.422. The van der Waals surface area contributed by atoms with Crippen LogP contribution in [0.4, 0.5) is 0 Å². The molecule has 2 nitrogen and oxygen atoms in total. The van der Waals surface area contributed by atoms with E-state index in [0.717, 1.165) is 12.2 Å². The zero-order valence-electron chi connectivity index (χ0n) is 7.22. The highest BCUT2D eigenvalue weighted by atomic mass is 32.1. The van der Waals surface area contributed by atoms with E-state index in [0.29, 0.717) is 0 Å². The number of nitrogens with zero attached hydrogens (tertiary/aromatic N) is 1. The Morgan fingerprint density at radius 2 is 2.27 bits per heavy atom. The van der Waals surface area contributed by atoms with Gasteiger partial charge in [0.1, 0.15) is 0 Å². The van der Waals surface area contributed by atoms with E-state index in [-0.39, 0.29) is 5.54 Å².